The third-order valence-electron chi connectivity index (χ3n) is 23.7. The van der Waals surface area contributed by atoms with E-state index < -0.39 is 11.9 Å². The Morgan fingerprint density at radius 2 is 0.946 bits per heavy atom. The lowest BCUT2D eigenvalue weighted by Gasteiger charge is -2.42. The summed E-state index contributed by atoms with van der Waals surface area (Å²) in [5, 5.41) is 88.8. The predicted octanol–water partition coefficient (Wildman–Crippen LogP) is 21.5. The van der Waals surface area contributed by atoms with Crippen molar-refractivity contribution in [3.63, 3.8) is 0 Å². The molecule has 5 saturated heterocycles. The summed E-state index contributed by atoms with van der Waals surface area (Å²) in [5.41, 5.74) is 0.545. The molecule has 15 nitrogen and oxygen atoms in total. The zero-order valence-corrected chi connectivity index (χ0v) is 80.6. The molecule has 9 fully saturated rings. The zero-order chi connectivity index (χ0) is 87.6. The van der Waals surface area contributed by atoms with E-state index in [4.69, 9.17) is 59.4 Å². The van der Waals surface area contributed by atoms with Gasteiger partial charge >= 0.3 is 0 Å². The molecule has 0 bridgehead atoms. The number of ether oxygens (including phenoxy) is 5. The molecule has 9 rings (SSSR count). The minimum absolute atomic E-state index is 0.00926. The molecular weight excluding hydrogens is 1390 g/mol. The first-order valence-electron chi connectivity index (χ1n) is 45.3. The van der Waals surface area contributed by atoms with Crippen molar-refractivity contribution in [1.29, 1.82) is 0 Å². The van der Waals surface area contributed by atoms with Gasteiger partial charge in [0.25, 0.3) is 0 Å². The molecule has 5 aliphatic heterocycles. The second-order valence-corrected chi connectivity index (χ2v) is 42.9. The molecule has 111 heavy (non-hydrogen) atoms. The largest absolute Gasteiger partial charge is 0.396 e. The molecule has 676 valence electrons. The van der Waals surface area contributed by atoms with Gasteiger partial charge in [0.1, 0.15) is 0 Å². The molecule has 0 radical (unpaired) electrons. The van der Waals surface area contributed by atoms with E-state index in [1.54, 1.807) is 0 Å². The van der Waals surface area contributed by atoms with Gasteiger partial charge in [0.05, 0.1) is 62.5 Å². The molecular formula is C96H202O15. The molecule has 7 atom stereocenters. The molecule has 0 amide bonds. The summed E-state index contributed by atoms with van der Waals surface area (Å²) < 4.78 is 25.5. The molecule has 4 saturated carbocycles. The Balaban J connectivity index is -0.000000364. The van der Waals surface area contributed by atoms with Crippen LogP contribution in [0.5, 0.6) is 0 Å². The van der Waals surface area contributed by atoms with Gasteiger partial charge in [-0.05, 0) is 252 Å². The summed E-state index contributed by atoms with van der Waals surface area (Å²) in [7, 11) is 0. The van der Waals surface area contributed by atoms with Crippen LogP contribution in [0.2, 0.25) is 0 Å². The van der Waals surface area contributed by atoms with Gasteiger partial charge in [-0.2, -0.15) is 0 Å². The van der Waals surface area contributed by atoms with Crippen LogP contribution in [0.3, 0.4) is 0 Å². The standard InChI is InChI=1S/C9H18O.C8H16O.C7H14O2.5C7H14O.2C7H16O.C6H12O.2C6H14O.C5H12O/c1-9(2,3)8-4-6-10-7-5-8;1-8(2,3)6-4-5-7(6)9;1-5(2)6-3-4-9-7(6)8;1-6(2)3-7-4-8-5-7;1-5(2)6-3-7(8)4-6;1-6(2)7-3-4-8-5-7;1-6(2)7(5-8)3-4-7;1-6(2)5-7(8)3-4-7;1-6(2)7(3,4)5-8;1-6(2)5-7(3,4)8;1-5(2)6-3-7-4-6;1-5(2)6(3)4-7;1-5(2)4-6(3)7;1-5(2)3-4-6/h8H,4-7H2,1-3H3;6-7,9H,4-5H2,1-3H3;5-8H,3-4H2,1-2H3;6-7H,3-5H2,1-2H3;5-8H,3-4H2,1-2H3;6-7H,3-5H2,1-2H3;2*6,8H,3-5H2,1-2H3;2*6,8H,5H2,1-4H3;5-6H,3-4H2,1-2H3;2*5-7H,4H2,1-3H3;5-6H,3-4H2,1-2H3. The number of aliphatic hydroxyl groups excluding tert-OH is 8. The normalized spacial score (nSPS) is 23.5. The fourth-order valence-electron chi connectivity index (χ4n) is 12.8. The maximum Gasteiger partial charge on any atom is 0.157 e. The van der Waals surface area contributed by atoms with Gasteiger partial charge in [0.15, 0.2) is 6.29 Å². The fraction of sp³-hybridized carbons (Fsp3) is 1.00. The summed E-state index contributed by atoms with van der Waals surface area (Å²) in [4.78, 5) is 0. The van der Waals surface area contributed by atoms with Crippen LogP contribution < -0.4 is 0 Å². The second-order valence-electron chi connectivity index (χ2n) is 42.9. The minimum Gasteiger partial charge on any atom is -0.396 e. The first-order chi connectivity index (χ1) is 50.8. The molecule has 0 aromatic rings. The van der Waals surface area contributed by atoms with E-state index in [1.807, 2.05) is 27.7 Å². The highest BCUT2D eigenvalue weighted by Gasteiger charge is 2.44. The average molecular weight is 1600 g/mol. The first kappa shape index (κ1) is 119. The third-order valence-corrected chi connectivity index (χ3v) is 23.7. The van der Waals surface area contributed by atoms with E-state index in [1.165, 1.54) is 44.9 Å². The van der Waals surface area contributed by atoms with Gasteiger partial charge in [-0.15, -0.1) is 0 Å². The van der Waals surface area contributed by atoms with Gasteiger partial charge in [0.2, 0.25) is 0 Å². The van der Waals surface area contributed by atoms with Crippen LogP contribution in [0.1, 0.15) is 358 Å². The van der Waals surface area contributed by atoms with Gasteiger partial charge in [-0.25, -0.2) is 0 Å². The summed E-state index contributed by atoms with van der Waals surface area (Å²) in [5.74, 6) is 13.8. The van der Waals surface area contributed by atoms with E-state index in [0.29, 0.717) is 101 Å². The molecule has 7 unspecified atom stereocenters. The third kappa shape index (κ3) is 67.8. The van der Waals surface area contributed by atoms with Crippen LogP contribution >= 0.6 is 0 Å². The Bertz CT molecular complexity index is 1980. The van der Waals surface area contributed by atoms with Crippen LogP contribution in [0, 0.1) is 140 Å². The van der Waals surface area contributed by atoms with Crippen molar-refractivity contribution >= 4 is 0 Å². The van der Waals surface area contributed by atoms with Crippen LogP contribution in [0.15, 0.2) is 0 Å². The van der Waals surface area contributed by atoms with Crippen molar-refractivity contribution in [2.45, 2.75) is 394 Å². The van der Waals surface area contributed by atoms with Crippen LogP contribution in [-0.4, -0.2) is 173 Å². The van der Waals surface area contributed by atoms with Crippen molar-refractivity contribution in [3.8, 4) is 0 Å². The van der Waals surface area contributed by atoms with Crippen molar-refractivity contribution in [3.05, 3.63) is 0 Å². The Morgan fingerprint density at radius 1 is 0.468 bits per heavy atom. The van der Waals surface area contributed by atoms with Gasteiger partial charge in [-0.1, -0.05) is 228 Å². The quantitative estimate of drug-likeness (QED) is 0.0544. The summed E-state index contributed by atoms with van der Waals surface area (Å²) in [6.07, 6.45) is 18.1. The monoisotopic (exact) mass is 1600 g/mol. The highest BCUT2D eigenvalue weighted by molar-refractivity contribution is 4.95. The van der Waals surface area contributed by atoms with Gasteiger partial charge in [0, 0.05) is 70.6 Å². The molecule has 10 N–H and O–H groups in total. The van der Waals surface area contributed by atoms with Gasteiger partial charge < -0.3 is 74.7 Å². The summed E-state index contributed by atoms with van der Waals surface area (Å²) >= 11 is 0. The van der Waals surface area contributed by atoms with Crippen molar-refractivity contribution in [2.24, 2.45) is 140 Å². The summed E-state index contributed by atoms with van der Waals surface area (Å²) in [6, 6.07) is 0. The van der Waals surface area contributed by atoms with Crippen molar-refractivity contribution in [2.75, 3.05) is 85.9 Å². The van der Waals surface area contributed by atoms with Crippen LogP contribution in [0.25, 0.3) is 0 Å². The second kappa shape index (κ2) is 63.4. The molecule has 0 aromatic carbocycles. The number of hydrogen-bond donors (Lipinski definition) is 10. The predicted molar refractivity (Wildman–Crippen MR) is 474 cm³/mol. The number of aliphatic hydroxyl groups is 10. The molecule has 5 heterocycles. The van der Waals surface area contributed by atoms with Crippen LogP contribution in [-0.2, 0) is 23.7 Å². The highest BCUT2D eigenvalue weighted by atomic mass is 16.6. The Hall–Kier alpha value is -0.600. The first-order valence-corrected chi connectivity index (χ1v) is 45.3. The lowest BCUT2D eigenvalue weighted by atomic mass is 9.66. The minimum atomic E-state index is -0.495. The Morgan fingerprint density at radius 3 is 1.04 bits per heavy atom. The number of hydrogen-bond acceptors (Lipinski definition) is 15. The smallest absolute Gasteiger partial charge is 0.157 e. The van der Waals surface area contributed by atoms with E-state index in [2.05, 4.69) is 222 Å². The lowest BCUT2D eigenvalue weighted by molar-refractivity contribution is -0.0901. The van der Waals surface area contributed by atoms with E-state index in [0.717, 1.165) is 177 Å². The van der Waals surface area contributed by atoms with Gasteiger partial charge in [-0.3, -0.25) is 0 Å². The van der Waals surface area contributed by atoms with E-state index >= 15 is 0 Å². The number of rotatable bonds is 20. The molecule has 0 aromatic heterocycles. The molecule has 0 spiro atoms. The highest BCUT2D eigenvalue weighted by Crippen LogP contribution is 2.51. The topological polar surface area (TPSA) is 248 Å². The van der Waals surface area contributed by atoms with Crippen LogP contribution in [0.4, 0.5) is 0 Å². The maximum absolute atomic E-state index is 9.30. The molecule has 15 heteroatoms. The van der Waals surface area contributed by atoms with Crippen molar-refractivity contribution < 1.29 is 74.7 Å². The van der Waals surface area contributed by atoms with Crippen molar-refractivity contribution in [1.82, 2.24) is 0 Å². The zero-order valence-electron chi connectivity index (χ0n) is 80.6. The molecule has 4 aliphatic carbocycles. The lowest BCUT2D eigenvalue weighted by Crippen LogP contribution is -2.40. The fourth-order valence-corrected chi connectivity index (χ4v) is 12.8. The Kier molecular flexibility index (Phi) is 67.9. The van der Waals surface area contributed by atoms with E-state index in [-0.39, 0.29) is 35.9 Å². The molecule has 9 aliphatic rings. The Labute approximate surface area is 691 Å². The van der Waals surface area contributed by atoms with E-state index in [9.17, 15) is 15.3 Å². The SMILES string of the molecule is CC(C)(C)C1CCC1O.CC(C)(C)C1CCOCC1.CC(C)C(C)(C)CO.CC(C)C(C)CO.CC(C)C1(CO)CC1.CC(C)C1CC(O)C1.CC(C)C1CCOC1.CC(C)C1CCOC1O.CC(C)C1COC1.CC(C)CC(C)(C)O.CC(C)CC(C)O.CC(C)CC1(O)CC1.CC(C)CC1COC1.CC(C)CCO. The maximum atomic E-state index is 9.30. The summed E-state index contributed by atoms with van der Waals surface area (Å²) in [6.45, 7) is 87.2. The average Bonchev–Trinajstić information content (AvgIpc) is 1.72.